The third-order valence-corrected chi connectivity index (χ3v) is 3.88. The highest BCUT2D eigenvalue weighted by atomic mass is 19.1. The van der Waals surface area contributed by atoms with E-state index in [9.17, 15) is 4.39 Å². The van der Waals surface area contributed by atoms with Crippen LogP contribution >= 0.6 is 0 Å². The number of ether oxygens (including phenoxy) is 1. The number of hydrogen-bond acceptors (Lipinski definition) is 4. The fourth-order valence-corrected chi connectivity index (χ4v) is 2.64. The molecule has 0 saturated carbocycles. The summed E-state index contributed by atoms with van der Waals surface area (Å²) >= 11 is 0. The molecule has 0 unspecified atom stereocenters. The summed E-state index contributed by atoms with van der Waals surface area (Å²) in [7, 11) is 1.43. The van der Waals surface area contributed by atoms with E-state index in [4.69, 9.17) is 4.74 Å². The van der Waals surface area contributed by atoms with Crippen LogP contribution in [0.25, 0.3) is 22.7 Å². The van der Waals surface area contributed by atoms with Gasteiger partial charge in [0.25, 0.3) is 0 Å². The number of aromatic nitrogens is 5. The summed E-state index contributed by atoms with van der Waals surface area (Å²) in [5.74, 6) is 0.358. The van der Waals surface area contributed by atoms with Crippen LogP contribution in [0.15, 0.2) is 49.1 Å². The monoisotopic (exact) mass is 323 g/mol. The normalized spacial score (nSPS) is 11.1. The molecule has 7 heteroatoms. The van der Waals surface area contributed by atoms with Crippen LogP contribution in [0.4, 0.5) is 4.39 Å². The molecule has 6 nitrogen and oxygen atoms in total. The lowest BCUT2D eigenvalue weighted by Crippen LogP contribution is -2.02. The summed E-state index contributed by atoms with van der Waals surface area (Å²) in [6.07, 6.45) is 5.22. The van der Waals surface area contributed by atoms with Gasteiger partial charge < -0.3 is 9.14 Å². The van der Waals surface area contributed by atoms with Gasteiger partial charge in [-0.2, -0.15) is 5.10 Å². The lowest BCUT2D eigenvalue weighted by Gasteiger charge is -2.09. The SMILES string of the molecule is COc1cc(-c2ncnn2-c2ccc3ncc(C)n3c2)ccc1F. The van der Waals surface area contributed by atoms with Gasteiger partial charge in [0, 0.05) is 23.7 Å². The van der Waals surface area contributed by atoms with E-state index in [2.05, 4.69) is 15.1 Å². The molecule has 0 saturated heterocycles. The van der Waals surface area contributed by atoms with E-state index in [0.29, 0.717) is 11.4 Å². The number of hydrogen-bond donors (Lipinski definition) is 0. The number of fused-ring (bicyclic) bond motifs is 1. The molecule has 1 aromatic carbocycles. The molecule has 3 heterocycles. The van der Waals surface area contributed by atoms with Gasteiger partial charge in [-0.3, -0.25) is 0 Å². The third-order valence-electron chi connectivity index (χ3n) is 3.88. The van der Waals surface area contributed by atoms with Gasteiger partial charge in [0.1, 0.15) is 12.0 Å². The minimum Gasteiger partial charge on any atom is -0.494 e. The number of rotatable bonds is 3. The minimum absolute atomic E-state index is 0.169. The van der Waals surface area contributed by atoms with Gasteiger partial charge in [0.05, 0.1) is 12.8 Å². The summed E-state index contributed by atoms with van der Waals surface area (Å²) in [6, 6.07) is 8.45. The predicted octanol–water partition coefficient (Wildman–Crippen LogP) is 3.04. The number of benzene rings is 1. The largest absolute Gasteiger partial charge is 0.494 e. The standard InChI is InChI=1S/C17H14FN5O/c1-11-8-19-16-6-4-13(9-22(11)16)23-17(20-10-21-23)12-3-5-14(18)15(7-12)24-2/h3-10H,1-2H3. The second kappa shape index (κ2) is 5.45. The Labute approximate surface area is 137 Å². The van der Waals surface area contributed by atoms with Crippen molar-refractivity contribution in [2.24, 2.45) is 0 Å². The molecular formula is C17H14FN5O. The van der Waals surface area contributed by atoms with Crippen LogP contribution in [-0.4, -0.2) is 31.3 Å². The lowest BCUT2D eigenvalue weighted by atomic mass is 10.2. The van der Waals surface area contributed by atoms with Crippen molar-refractivity contribution in [2.75, 3.05) is 7.11 Å². The van der Waals surface area contributed by atoms with Crippen molar-refractivity contribution in [3.05, 3.63) is 60.6 Å². The average molecular weight is 323 g/mol. The molecule has 0 aliphatic carbocycles. The van der Waals surface area contributed by atoms with Gasteiger partial charge in [-0.05, 0) is 37.3 Å². The summed E-state index contributed by atoms with van der Waals surface area (Å²) in [4.78, 5) is 8.62. The summed E-state index contributed by atoms with van der Waals surface area (Å²) in [6.45, 7) is 1.98. The zero-order chi connectivity index (χ0) is 16.7. The maximum atomic E-state index is 13.6. The van der Waals surface area contributed by atoms with E-state index in [0.717, 1.165) is 17.0 Å². The summed E-state index contributed by atoms with van der Waals surface area (Å²) in [5.41, 5.74) is 3.44. The molecule has 0 aliphatic rings. The Balaban J connectivity index is 1.85. The van der Waals surface area contributed by atoms with Gasteiger partial charge in [0.15, 0.2) is 17.4 Å². The Morgan fingerprint density at radius 2 is 2.00 bits per heavy atom. The molecule has 0 fully saturated rings. The van der Waals surface area contributed by atoms with Crippen LogP contribution in [0, 0.1) is 12.7 Å². The first-order valence-corrected chi connectivity index (χ1v) is 7.35. The van der Waals surface area contributed by atoms with Crippen molar-refractivity contribution in [1.29, 1.82) is 0 Å². The first kappa shape index (κ1) is 14.4. The van der Waals surface area contributed by atoms with Gasteiger partial charge >= 0.3 is 0 Å². The van der Waals surface area contributed by atoms with Gasteiger partial charge in [-0.1, -0.05) is 0 Å². The third kappa shape index (κ3) is 2.21. The Kier molecular flexibility index (Phi) is 3.26. The number of halogens is 1. The molecule has 0 spiro atoms. The van der Waals surface area contributed by atoms with Crippen LogP contribution in [-0.2, 0) is 0 Å². The number of methoxy groups -OCH3 is 1. The van der Waals surface area contributed by atoms with E-state index < -0.39 is 5.82 Å². The number of imidazole rings is 1. The van der Waals surface area contributed by atoms with E-state index in [1.807, 2.05) is 35.9 Å². The highest BCUT2D eigenvalue weighted by Gasteiger charge is 2.13. The van der Waals surface area contributed by atoms with Crippen LogP contribution in [0.3, 0.4) is 0 Å². The van der Waals surface area contributed by atoms with Crippen LogP contribution < -0.4 is 4.74 Å². The van der Waals surface area contributed by atoms with Crippen molar-refractivity contribution in [1.82, 2.24) is 24.1 Å². The van der Waals surface area contributed by atoms with E-state index >= 15 is 0 Å². The van der Waals surface area contributed by atoms with Crippen molar-refractivity contribution in [3.63, 3.8) is 0 Å². The van der Waals surface area contributed by atoms with Crippen molar-refractivity contribution in [2.45, 2.75) is 6.92 Å². The molecule has 0 N–H and O–H groups in total. The first-order valence-electron chi connectivity index (χ1n) is 7.35. The molecule has 4 rings (SSSR count). The number of nitrogens with zero attached hydrogens (tertiary/aromatic N) is 5. The van der Waals surface area contributed by atoms with E-state index in [-0.39, 0.29) is 5.75 Å². The van der Waals surface area contributed by atoms with E-state index in [1.54, 1.807) is 16.8 Å². The summed E-state index contributed by atoms with van der Waals surface area (Å²) < 4.78 is 22.4. The Morgan fingerprint density at radius 1 is 1.12 bits per heavy atom. The quantitative estimate of drug-likeness (QED) is 0.581. The molecule has 0 atom stereocenters. The van der Waals surface area contributed by atoms with E-state index in [1.165, 1.54) is 19.5 Å². The topological polar surface area (TPSA) is 57.2 Å². The molecule has 0 bridgehead atoms. The van der Waals surface area contributed by atoms with Crippen LogP contribution in [0.2, 0.25) is 0 Å². The lowest BCUT2D eigenvalue weighted by molar-refractivity contribution is 0.386. The minimum atomic E-state index is -0.414. The Morgan fingerprint density at radius 3 is 2.83 bits per heavy atom. The second-order valence-electron chi connectivity index (χ2n) is 5.36. The second-order valence-corrected chi connectivity index (χ2v) is 5.36. The van der Waals surface area contributed by atoms with Gasteiger partial charge in [-0.15, -0.1) is 0 Å². The maximum absolute atomic E-state index is 13.6. The number of pyridine rings is 1. The number of aryl methyl sites for hydroxylation is 1. The van der Waals surface area contributed by atoms with Crippen LogP contribution in [0.1, 0.15) is 5.69 Å². The molecule has 120 valence electrons. The average Bonchev–Trinajstić information content (AvgIpc) is 3.22. The zero-order valence-electron chi connectivity index (χ0n) is 13.1. The van der Waals surface area contributed by atoms with Crippen molar-refractivity contribution in [3.8, 4) is 22.8 Å². The van der Waals surface area contributed by atoms with Crippen molar-refractivity contribution >= 4 is 5.65 Å². The molecule has 4 aromatic rings. The highest BCUT2D eigenvalue weighted by Crippen LogP contribution is 2.26. The molecule has 3 aromatic heterocycles. The fourth-order valence-electron chi connectivity index (χ4n) is 2.64. The molecule has 24 heavy (non-hydrogen) atoms. The van der Waals surface area contributed by atoms with Gasteiger partial charge in [0.2, 0.25) is 0 Å². The zero-order valence-corrected chi connectivity index (χ0v) is 13.1. The fraction of sp³-hybridized carbons (Fsp3) is 0.118. The first-order chi connectivity index (χ1) is 11.7. The van der Waals surface area contributed by atoms with Crippen molar-refractivity contribution < 1.29 is 9.13 Å². The predicted molar refractivity (Wildman–Crippen MR) is 86.8 cm³/mol. The maximum Gasteiger partial charge on any atom is 0.165 e. The Bertz CT molecular complexity index is 1040. The smallest absolute Gasteiger partial charge is 0.165 e. The van der Waals surface area contributed by atoms with Crippen LogP contribution in [0.5, 0.6) is 5.75 Å². The summed E-state index contributed by atoms with van der Waals surface area (Å²) in [5, 5.41) is 4.30. The highest BCUT2D eigenvalue weighted by molar-refractivity contribution is 5.60. The molecule has 0 amide bonds. The molecule has 0 radical (unpaired) electrons. The molecule has 0 aliphatic heterocycles. The van der Waals surface area contributed by atoms with Gasteiger partial charge in [-0.25, -0.2) is 19.0 Å². The Hall–Kier alpha value is -3.22. The molecular weight excluding hydrogens is 309 g/mol.